The van der Waals surface area contributed by atoms with Gasteiger partial charge in [-0.15, -0.1) is 0 Å². The van der Waals surface area contributed by atoms with Crippen LogP contribution < -0.4 is 5.32 Å². The average molecular weight is 220 g/mol. The Morgan fingerprint density at radius 2 is 2.50 bits per heavy atom. The van der Waals surface area contributed by atoms with Crippen molar-refractivity contribution in [2.75, 3.05) is 13.1 Å². The quantitative estimate of drug-likeness (QED) is 0.756. The summed E-state index contributed by atoms with van der Waals surface area (Å²) in [6.07, 6.45) is 3.42. The Hall–Kier alpha value is -1.76. The van der Waals surface area contributed by atoms with Crippen LogP contribution in [0.1, 0.15) is 12.3 Å². The highest BCUT2D eigenvalue weighted by molar-refractivity contribution is 5.39. The van der Waals surface area contributed by atoms with E-state index < -0.39 is 0 Å². The zero-order chi connectivity index (χ0) is 10.8. The van der Waals surface area contributed by atoms with Crippen LogP contribution >= 0.6 is 0 Å². The molecular weight excluding hydrogens is 208 g/mol. The van der Waals surface area contributed by atoms with Crippen LogP contribution in [0, 0.1) is 5.92 Å². The van der Waals surface area contributed by atoms with Gasteiger partial charge in [0.05, 0.1) is 0 Å². The lowest BCUT2D eigenvalue weighted by Crippen LogP contribution is -2.10. The van der Waals surface area contributed by atoms with Gasteiger partial charge in [0, 0.05) is 6.42 Å². The molecule has 2 aromatic heterocycles. The van der Waals surface area contributed by atoms with E-state index in [9.17, 15) is 0 Å². The summed E-state index contributed by atoms with van der Waals surface area (Å²) in [5.74, 6) is 2.28. The van der Waals surface area contributed by atoms with E-state index in [-0.39, 0.29) is 0 Å². The summed E-state index contributed by atoms with van der Waals surface area (Å²) in [7, 11) is 0. The standard InChI is InChI=1S/C9H12N6O/c1-2-10-4-6(1)3-7-13-9(15-16-7)8-11-5-12-14-8/h5-6,10H,1-4H2,(H,11,12,14). The third-order valence-electron chi connectivity index (χ3n) is 2.72. The molecule has 0 bridgehead atoms. The van der Waals surface area contributed by atoms with Crippen LogP contribution in [0.4, 0.5) is 0 Å². The first-order valence-electron chi connectivity index (χ1n) is 5.31. The van der Waals surface area contributed by atoms with Crippen LogP contribution in [0.5, 0.6) is 0 Å². The van der Waals surface area contributed by atoms with E-state index in [0.29, 0.717) is 23.5 Å². The number of aromatic nitrogens is 5. The molecule has 7 heteroatoms. The van der Waals surface area contributed by atoms with Gasteiger partial charge in [0.1, 0.15) is 6.33 Å². The zero-order valence-corrected chi connectivity index (χ0v) is 8.68. The number of H-pyrrole nitrogens is 1. The Kier molecular flexibility index (Phi) is 2.37. The number of hydrogen-bond donors (Lipinski definition) is 2. The Labute approximate surface area is 91.7 Å². The van der Waals surface area contributed by atoms with E-state index >= 15 is 0 Å². The molecule has 3 heterocycles. The van der Waals surface area contributed by atoms with Crippen LogP contribution in [0.25, 0.3) is 11.6 Å². The normalized spacial score (nSPS) is 20.4. The van der Waals surface area contributed by atoms with Crippen molar-refractivity contribution in [2.24, 2.45) is 5.92 Å². The molecule has 1 atom stereocenters. The summed E-state index contributed by atoms with van der Waals surface area (Å²) in [6.45, 7) is 2.10. The molecule has 0 spiro atoms. The lowest BCUT2D eigenvalue weighted by atomic mass is 10.1. The van der Waals surface area contributed by atoms with Crippen molar-refractivity contribution in [3.63, 3.8) is 0 Å². The minimum absolute atomic E-state index is 0.471. The average Bonchev–Trinajstić information content (AvgIpc) is 2.99. The Morgan fingerprint density at radius 1 is 1.50 bits per heavy atom. The fraction of sp³-hybridized carbons (Fsp3) is 0.556. The Bertz CT molecular complexity index is 444. The number of nitrogens with zero attached hydrogens (tertiary/aromatic N) is 4. The summed E-state index contributed by atoms with van der Waals surface area (Å²) >= 11 is 0. The fourth-order valence-electron chi connectivity index (χ4n) is 1.88. The third kappa shape index (κ3) is 1.81. The Balaban J connectivity index is 1.72. The summed E-state index contributed by atoms with van der Waals surface area (Å²) in [6, 6.07) is 0. The van der Waals surface area contributed by atoms with Crippen LogP contribution in [-0.4, -0.2) is 38.4 Å². The number of aromatic amines is 1. The van der Waals surface area contributed by atoms with Crippen molar-refractivity contribution in [3.8, 4) is 11.6 Å². The Morgan fingerprint density at radius 3 is 3.25 bits per heavy atom. The maximum Gasteiger partial charge on any atom is 0.239 e. The van der Waals surface area contributed by atoms with Gasteiger partial charge in [-0.3, -0.25) is 5.10 Å². The molecule has 1 saturated heterocycles. The molecule has 2 N–H and O–H groups in total. The van der Waals surface area contributed by atoms with E-state index in [1.807, 2.05) is 0 Å². The highest BCUT2D eigenvalue weighted by atomic mass is 16.5. The second-order valence-electron chi connectivity index (χ2n) is 3.91. The van der Waals surface area contributed by atoms with Crippen molar-refractivity contribution in [2.45, 2.75) is 12.8 Å². The topological polar surface area (TPSA) is 92.5 Å². The molecular formula is C9H12N6O. The zero-order valence-electron chi connectivity index (χ0n) is 8.68. The maximum atomic E-state index is 5.17. The monoisotopic (exact) mass is 220 g/mol. The highest BCUT2D eigenvalue weighted by Crippen LogP contribution is 2.16. The molecule has 7 nitrogen and oxygen atoms in total. The summed E-state index contributed by atoms with van der Waals surface area (Å²) < 4.78 is 5.17. The van der Waals surface area contributed by atoms with Crippen LogP contribution in [0.3, 0.4) is 0 Å². The van der Waals surface area contributed by atoms with E-state index in [4.69, 9.17) is 4.52 Å². The van der Waals surface area contributed by atoms with Gasteiger partial charge in [0.15, 0.2) is 5.82 Å². The SMILES string of the molecule is c1n[nH]c(-c2noc(CC3CCNC3)n2)n1. The predicted octanol–water partition coefficient (Wildman–Crippen LogP) is 0.00670. The lowest BCUT2D eigenvalue weighted by Gasteiger charge is -2.01. The van der Waals surface area contributed by atoms with Gasteiger partial charge in [-0.1, -0.05) is 5.16 Å². The van der Waals surface area contributed by atoms with E-state index in [1.54, 1.807) is 0 Å². The van der Waals surface area contributed by atoms with Gasteiger partial charge < -0.3 is 9.84 Å². The van der Waals surface area contributed by atoms with Gasteiger partial charge in [0.2, 0.25) is 11.7 Å². The molecule has 3 rings (SSSR count). The molecule has 0 radical (unpaired) electrons. The molecule has 0 aromatic carbocycles. The molecule has 84 valence electrons. The summed E-state index contributed by atoms with van der Waals surface area (Å²) in [5.41, 5.74) is 0. The second kappa shape index (κ2) is 4.01. The molecule has 1 aliphatic rings. The van der Waals surface area contributed by atoms with Gasteiger partial charge >= 0.3 is 0 Å². The van der Waals surface area contributed by atoms with Crippen molar-refractivity contribution in [1.82, 2.24) is 30.6 Å². The van der Waals surface area contributed by atoms with E-state index in [0.717, 1.165) is 19.5 Å². The largest absolute Gasteiger partial charge is 0.339 e. The van der Waals surface area contributed by atoms with Gasteiger partial charge in [-0.05, 0) is 25.4 Å². The minimum atomic E-state index is 0.471. The number of hydrogen-bond acceptors (Lipinski definition) is 6. The smallest absolute Gasteiger partial charge is 0.239 e. The van der Waals surface area contributed by atoms with Gasteiger partial charge in [-0.2, -0.15) is 10.1 Å². The fourth-order valence-corrected chi connectivity index (χ4v) is 1.88. The predicted molar refractivity (Wildman–Crippen MR) is 54.4 cm³/mol. The first-order valence-corrected chi connectivity index (χ1v) is 5.31. The summed E-state index contributed by atoms with van der Waals surface area (Å²) in [4.78, 5) is 8.24. The van der Waals surface area contributed by atoms with Gasteiger partial charge in [0.25, 0.3) is 0 Å². The maximum absolute atomic E-state index is 5.17. The first kappa shape index (κ1) is 9.46. The van der Waals surface area contributed by atoms with Crippen molar-refractivity contribution >= 4 is 0 Å². The molecule has 16 heavy (non-hydrogen) atoms. The van der Waals surface area contributed by atoms with Crippen LogP contribution in [-0.2, 0) is 6.42 Å². The van der Waals surface area contributed by atoms with Crippen molar-refractivity contribution in [1.29, 1.82) is 0 Å². The number of rotatable bonds is 3. The minimum Gasteiger partial charge on any atom is -0.339 e. The second-order valence-corrected chi connectivity index (χ2v) is 3.91. The van der Waals surface area contributed by atoms with E-state index in [1.165, 1.54) is 12.7 Å². The van der Waals surface area contributed by atoms with Crippen molar-refractivity contribution < 1.29 is 4.52 Å². The molecule has 1 aliphatic heterocycles. The van der Waals surface area contributed by atoms with Gasteiger partial charge in [-0.25, -0.2) is 4.98 Å². The molecule has 0 aliphatic carbocycles. The van der Waals surface area contributed by atoms with Crippen LogP contribution in [0.2, 0.25) is 0 Å². The highest BCUT2D eigenvalue weighted by Gasteiger charge is 2.19. The first-order chi connectivity index (χ1) is 7.92. The molecule has 0 amide bonds. The van der Waals surface area contributed by atoms with E-state index in [2.05, 4.69) is 30.6 Å². The molecule has 1 unspecified atom stereocenters. The van der Waals surface area contributed by atoms with Crippen molar-refractivity contribution in [3.05, 3.63) is 12.2 Å². The number of nitrogens with one attached hydrogen (secondary N) is 2. The molecule has 2 aromatic rings. The lowest BCUT2D eigenvalue weighted by molar-refractivity contribution is 0.357. The molecule has 0 saturated carbocycles. The third-order valence-corrected chi connectivity index (χ3v) is 2.72. The molecule has 1 fully saturated rings. The summed E-state index contributed by atoms with van der Waals surface area (Å²) in [5, 5.41) is 13.6. The van der Waals surface area contributed by atoms with Crippen LogP contribution in [0.15, 0.2) is 10.9 Å².